The van der Waals surface area contributed by atoms with E-state index < -0.39 is 9.84 Å². The number of fused-ring (bicyclic) bond motifs is 1. The molecule has 1 N–H and O–H groups in total. The molecule has 21 heavy (non-hydrogen) atoms. The zero-order valence-electron chi connectivity index (χ0n) is 12.0. The minimum atomic E-state index is -2.81. The van der Waals surface area contributed by atoms with Gasteiger partial charge in [0.15, 0.2) is 9.84 Å². The highest BCUT2D eigenvalue weighted by Crippen LogP contribution is 2.48. The third kappa shape index (κ3) is 2.27. The van der Waals surface area contributed by atoms with Crippen molar-refractivity contribution in [2.24, 2.45) is 11.3 Å². The van der Waals surface area contributed by atoms with E-state index >= 15 is 0 Å². The molecule has 5 heteroatoms. The lowest BCUT2D eigenvalue weighted by atomic mass is 9.65. The molecule has 0 amide bonds. The molecule has 0 saturated carbocycles. The van der Waals surface area contributed by atoms with E-state index in [9.17, 15) is 8.42 Å². The summed E-state index contributed by atoms with van der Waals surface area (Å²) < 4.78 is 29.4. The van der Waals surface area contributed by atoms with E-state index in [0.29, 0.717) is 23.3 Å². The highest BCUT2D eigenvalue weighted by molar-refractivity contribution is 7.91. The highest BCUT2D eigenvalue weighted by atomic mass is 32.2. The summed E-state index contributed by atoms with van der Waals surface area (Å²) >= 11 is 0. The minimum Gasteiger partial charge on any atom is -0.493 e. The van der Waals surface area contributed by atoms with Gasteiger partial charge < -0.3 is 10.1 Å². The van der Waals surface area contributed by atoms with Gasteiger partial charge in [0.2, 0.25) is 0 Å². The third-order valence-electron chi connectivity index (χ3n) is 5.50. The maximum Gasteiger partial charge on any atom is 0.150 e. The van der Waals surface area contributed by atoms with Crippen molar-refractivity contribution in [3.63, 3.8) is 0 Å². The number of sulfone groups is 1. The van der Waals surface area contributed by atoms with Gasteiger partial charge in [0, 0.05) is 24.6 Å². The van der Waals surface area contributed by atoms with Gasteiger partial charge in [-0.05, 0) is 30.2 Å². The van der Waals surface area contributed by atoms with Gasteiger partial charge in [0.25, 0.3) is 0 Å². The Hall–Kier alpha value is -1.07. The fourth-order valence-corrected chi connectivity index (χ4v) is 6.16. The second kappa shape index (κ2) is 4.71. The van der Waals surface area contributed by atoms with E-state index in [1.54, 1.807) is 0 Å². The van der Waals surface area contributed by atoms with Gasteiger partial charge in [-0.15, -0.1) is 0 Å². The summed E-state index contributed by atoms with van der Waals surface area (Å²) in [4.78, 5) is 0. The van der Waals surface area contributed by atoms with E-state index in [2.05, 4.69) is 17.4 Å². The number of ether oxygens (including phenoxy) is 1. The van der Waals surface area contributed by atoms with E-state index in [-0.39, 0.29) is 5.41 Å². The molecule has 114 valence electrons. The Morgan fingerprint density at radius 2 is 2.10 bits per heavy atom. The Balaban J connectivity index is 1.56. The number of benzene rings is 1. The monoisotopic (exact) mass is 307 g/mol. The summed E-state index contributed by atoms with van der Waals surface area (Å²) in [6.45, 7) is 2.64. The van der Waals surface area contributed by atoms with Gasteiger partial charge in [-0.1, -0.05) is 18.2 Å². The van der Waals surface area contributed by atoms with Crippen molar-refractivity contribution in [3.8, 4) is 5.75 Å². The van der Waals surface area contributed by atoms with E-state index in [4.69, 9.17) is 4.74 Å². The standard InChI is InChI=1S/C16H21NO3S/c18-21(19)6-5-13(9-21)16(10-17-11-16)7-12-8-20-15-4-2-1-3-14(12)15/h1-4,12-13,17H,5-11H2. The highest BCUT2D eigenvalue weighted by Gasteiger charge is 2.50. The molecule has 0 aliphatic carbocycles. The Labute approximate surface area is 125 Å². The average molecular weight is 307 g/mol. The molecule has 0 spiro atoms. The molecule has 3 heterocycles. The molecule has 4 rings (SSSR count). The molecule has 2 saturated heterocycles. The molecule has 0 radical (unpaired) electrons. The number of rotatable bonds is 3. The first-order chi connectivity index (χ1) is 10.1. The largest absolute Gasteiger partial charge is 0.493 e. The van der Waals surface area contributed by atoms with Crippen molar-refractivity contribution in [1.29, 1.82) is 0 Å². The van der Waals surface area contributed by atoms with Crippen LogP contribution in [0.4, 0.5) is 0 Å². The van der Waals surface area contributed by atoms with Crippen LogP contribution in [0.1, 0.15) is 24.3 Å². The predicted octanol–water partition coefficient (Wildman–Crippen LogP) is 1.58. The SMILES string of the molecule is O=S1(=O)CCC(C2(CC3COc4ccccc43)CNC2)C1. The Bertz CT molecular complexity index is 651. The van der Waals surface area contributed by atoms with Crippen LogP contribution in [0, 0.1) is 11.3 Å². The minimum absolute atomic E-state index is 0.148. The topological polar surface area (TPSA) is 55.4 Å². The first-order valence-corrected chi connectivity index (χ1v) is 9.53. The Morgan fingerprint density at radius 3 is 2.76 bits per heavy atom. The van der Waals surface area contributed by atoms with Crippen LogP contribution < -0.4 is 10.1 Å². The lowest BCUT2D eigenvalue weighted by molar-refractivity contribution is 0.0678. The van der Waals surface area contributed by atoms with Gasteiger partial charge in [-0.25, -0.2) is 8.42 Å². The van der Waals surface area contributed by atoms with Gasteiger partial charge >= 0.3 is 0 Å². The molecule has 2 fully saturated rings. The molecule has 1 aromatic rings. The van der Waals surface area contributed by atoms with Crippen LogP contribution in [0.3, 0.4) is 0 Å². The second-order valence-electron chi connectivity index (χ2n) is 6.82. The zero-order valence-corrected chi connectivity index (χ0v) is 12.9. The second-order valence-corrected chi connectivity index (χ2v) is 9.04. The maximum absolute atomic E-state index is 11.8. The predicted molar refractivity (Wildman–Crippen MR) is 81.4 cm³/mol. The lowest BCUT2D eigenvalue weighted by Crippen LogP contribution is -2.58. The molecule has 4 nitrogen and oxygen atoms in total. The van der Waals surface area contributed by atoms with Gasteiger partial charge in [-0.3, -0.25) is 0 Å². The van der Waals surface area contributed by atoms with Crippen molar-refractivity contribution < 1.29 is 13.2 Å². The molecule has 0 bridgehead atoms. The van der Waals surface area contributed by atoms with Crippen molar-refractivity contribution in [3.05, 3.63) is 29.8 Å². The summed E-state index contributed by atoms with van der Waals surface area (Å²) in [6, 6.07) is 8.25. The van der Waals surface area contributed by atoms with Gasteiger partial charge in [0.1, 0.15) is 5.75 Å². The zero-order chi connectivity index (χ0) is 14.5. The third-order valence-corrected chi connectivity index (χ3v) is 7.27. The van der Waals surface area contributed by atoms with Crippen LogP contribution in [0.5, 0.6) is 5.75 Å². The van der Waals surface area contributed by atoms with Crippen LogP contribution in [-0.4, -0.2) is 39.6 Å². The molecule has 0 aromatic heterocycles. The smallest absolute Gasteiger partial charge is 0.150 e. The Morgan fingerprint density at radius 1 is 1.29 bits per heavy atom. The summed E-state index contributed by atoms with van der Waals surface area (Å²) in [7, 11) is -2.81. The van der Waals surface area contributed by atoms with Crippen LogP contribution >= 0.6 is 0 Å². The van der Waals surface area contributed by atoms with Crippen LogP contribution in [-0.2, 0) is 9.84 Å². The Kier molecular flexibility index (Phi) is 3.05. The fraction of sp³-hybridized carbons (Fsp3) is 0.625. The van der Waals surface area contributed by atoms with Crippen LogP contribution in [0.15, 0.2) is 24.3 Å². The van der Waals surface area contributed by atoms with Crippen molar-refractivity contribution in [1.82, 2.24) is 5.32 Å². The summed E-state index contributed by atoms with van der Waals surface area (Å²) in [6.07, 6.45) is 1.87. The molecular weight excluding hydrogens is 286 g/mol. The summed E-state index contributed by atoms with van der Waals surface area (Å²) in [5, 5.41) is 3.37. The average Bonchev–Trinajstić information content (AvgIpc) is 2.98. The van der Waals surface area contributed by atoms with Crippen LogP contribution in [0.25, 0.3) is 0 Å². The summed E-state index contributed by atoms with van der Waals surface area (Å²) in [5.74, 6) is 2.48. The maximum atomic E-state index is 11.8. The lowest BCUT2D eigenvalue weighted by Gasteiger charge is -2.48. The molecular formula is C16H21NO3S. The van der Waals surface area contributed by atoms with E-state index in [1.807, 2.05) is 12.1 Å². The van der Waals surface area contributed by atoms with Crippen molar-refractivity contribution >= 4 is 9.84 Å². The molecule has 1 aromatic carbocycles. The quantitative estimate of drug-likeness (QED) is 0.921. The molecule has 2 atom stereocenters. The van der Waals surface area contributed by atoms with Crippen LogP contribution in [0.2, 0.25) is 0 Å². The first-order valence-electron chi connectivity index (χ1n) is 7.71. The molecule has 3 aliphatic rings. The van der Waals surface area contributed by atoms with Crippen molar-refractivity contribution in [2.75, 3.05) is 31.2 Å². The van der Waals surface area contributed by atoms with E-state index in [1.165, 1.54) is 5.56 Å². The number of nitrogens with one attached hydrogen (secondary N) is 1. The number of hydrogen-bond acceptors (Lipinski definition) is 4. The summed E-state index contributed by atoms with van der Waals surface area (Å²) in [5.41, 5.74) is 1.44. The molecule has 3 aliphatic heterocycles. The van der Waals surface area contributed by atoms with Crippen molar-refractivity contribution in [2.45, 2.75) is 18.8 Å². The molecule has 2 unspecified atom stereocenters. The van der Waals surface area contributed by atoms with Gasteiger partial charge in [-0.2, -0.15) is 0 Å². The normalized spacial score (nSPS) is 32.2. The fourth-order valence-electron chi connectivity index (χ4n) is 4.21. The number of para-hydroxylation sites is 1. The van der Waals surface area contributed by atoms with E-state index in [0.717, 1.165) is 38.3 Å². The number of hydrogen-bond donors (Lipinski definition) is 1. The first kappa shape index (κ1) is 13.6. The van der Waals surface area contributed by atoms with Gasteiger partial charge in [0.05, 0.1) is 18.1 Å².